The number of hydrogen-bond acceptors (Lipinski definition) is 4. The van der Waals surface area contributed by atoms with Crippen molar-refractivity contribution in [3.8, 4) is 16.9 Å². The molecule has 164 valence electrons. The van der Waals surface area contributed by atoms with E-state index in [0.29, 0.717) is 12.2 Å². The van der Waals surface area contributed by atoms with Gasteiger partial charge in [0.1, 0.15) is 12.0 Å². The topological polar surface area (TPSA) is 55.8 Å². The summed E-state index contributed by atoms with van der Waals surface area (Å²) >= 11 is 0. The zero-order valence-corrected chi connectivity index (χ0v) is 18.9. The molecule has 2 aromatic carbocycles. The number of aldehydes is 1. The number of ether oxygens (including phenoxy) is 2. The summed E-state index contributed by atoms with van der Waals surface area (Å²) in [5, 5.41) is 9.51. The van der Waals surface area contributed by atoms with Crippen molar-refractivity contribution in [3.63, 3.8) is 0 Å². The van der Waals surface area contributed by atoms with Gasteiger partial charge in [0.15, 0.2) is 0 Å². The molecule has 30 heavy (non-hydrogen) atoms. The molecule has 0 bridgehead atoms. The molecule has 0 atom stereocenters. The summed E-state index contributed by atoms with van der Waals surface area (Å²) in [4.78, 5) is 9.41. The van der Waals surface area contributed by atoms with E-state index in [0.717, 1.165) is 61.0 Å². The lowest BCUT2D eigenvalue weighted by molar-refractivity contribution is -0.104. The van der Waals surface area contributed by atoms with Gasteiger partial charge < -0.3 is 14.6 Å². The predicted octanol–water partition coefficient (Wildman–Crippen LogP) is 5.89. The van der Waals surface area contributed by atoms with Crippen molar-refractivity contribution in [2.75, 3.05) is 13.7 Å². The smallest absolute Gasteiger partial charge is 0.145 e. The normalized spacial score (nSPS) is 10.2. The van der Waals surface area contributed by atoms with Gasteiger partial charge in [0.05, 0.1) is 19.8 Å². The Morgan fingerprint density at radius 2 is 1.80 bits per heavy atom. The summed E-state index contributed by atoms with van der Waals surface area (Å²) in [5.74, 6) is 0.949. The van der Waals surface area contributed by atoms with Crippen LogP contribution in [0, 0.1) is 0 Å². The number of aliphatic hydroxyl groups excluding tert-OH is 1. The molecule has 2 rings (SSSR count). The van der Waals surface area contributed by atoms with Gasteiger partial charge in [0.25, 0.3) is 0 Å². The molecule has 2 aromatic rings. The number of aliphatic hydroxyl groups is 1. The van der Waals surface area contributed by atoms with Gasteiger partial charge in [-0.15, -0.1) is 0 Å². The number of unbranched alkanes of at least 4 members (excludes halogenated alkanes) is 1. The fourth-order valence-corrected chi connectivity index (χ4v) is 2.99. The van der Waals surface area contributed by atoms with Crippen LogP contribution < -0.4 is 4.74 Å². The number of carbonyl (C=O) groups is 1. The van der Waals surface area contributed by atoms with E-state index in [2.05, 4.69) is 50.8 Å². The summed E-state index contributed by atoms with van der Waals surface area (Å²) in [6, 6.07) is 12.6. The Kier molecular flexibility index (Phi) is 12.4. The SMILES string of the molecule is C=C(C)C=O.CCCCOc1ccc(-c2ccc(CO)c(COC)c2)c(CCC)c1. The van der Waals surface area contributed by atoms with E-state index in [1.807, 2.05) is 6.07 Å². The van der Waals surface area contributed by atoms with E-state index >= 15 is 0 Å². The van der Waals surface area contributed by atoms with Gasteiger partial charge in [-0.3, -0.25) is 4.79 Å². The maximum absolute atomic E-state index is 9.51. The molecule has 4 nitrogen and oxygen atoms in total. The highest BCUT2D eigenvalue weighted by Crippen LogP contribution is 2.30. The Morgan fingerprint density at radius 1 is 1.07 bits per heavy atom. The highest BCUT2D eigenvalue weighted by atomic mass is 16.5. The van der Waals surface area contributed by atoms with E-state index < -0.39 is 0 Å². The van der Waals surface area contributed by atoms with Gasteiger partial charge in [0, 0.05) is 7.11 Å². The number of carbonyl (C=O) groups excluding carboxylic acids is 1. The van der Waals surface area contributed by atoms with Crippen LogP contribution in [0.2, 0.25) is 0 Å². The van der Waals surface area contributed by atoms with E-state index in [-0.39, 0.29) is 6.61 Å². The second-order valence-corrected chi connectivity index (χ2v) is 7.31. The Bertz CT molecular complexity index is 796. The minimum atomic E-state index is 0.0327. The summed E-state index contributed by atoms with van der Waals surface area (Å²) < 4.78 is 11.2. The Morgan fingerprint density at radius 3 is 2.37 bits per heavy atom. The molecule has 0 aliphatic rings. The highest BCUT2D eigenvalue weighted by molar-refractivity contribution is 5.71. The molecule has 4 heteroatoms. The van der Waals surface area contributed by atoms with Crippen molar-refractivity contribution in [1.29, 1.82) is 0 Å². The number of benzene rings is 2. The maximum atomic E-state index is 9.51. The molecule has 0 saturated heterocycles. The molecule has 0 amide bonds. The maximum Gasteiger partial charge on any atom is 0.145 e. The molecule has 0 fully saturated rings. The lowest BCUT2D eigenvalue weighted by atomic mass is 9.94. The largest absolute Gasteiger partial charge is 0.494 e. The van der Waals surface area contributed by atoms with Gasteiger partial charge in [-0.25, -0.2) is 0 Å². The van der Waals surface area contributed by atoms with Gasteiger partial charge in [-0.05, 0) is 71.4 Å². The third kappa shape index (κ3) is 8.52. The Hall–Kier alpha value is -2.43. The average molecular weight is 413 g/mol. The number of rotatable bonds is 11. The molecule has 0 radical (unpaired) electrons. The number of methoxy groups -OCH3 is 1. The first-order chi connectivity index (χ1) is 14.5. The summed E-state index contributed by atoms with van der Waals surface area (Å²) in [6.45, 7) is 10.6. The van der Waals surface area contributed by atoms with Crippen molar-refractivity contribution in [1.82, 2.24) is 0 Å². The lowest BCUT2D eigenvalue weighted by Crippen LogP contribution is -2.00. The van der Waals surface area contributed by atoms with E-state index in [4.69, 9.17) is 9.47 Å². The number of allylic oxidation sites excluding steroid dienone is 1. The van der Waals surface area contributed by atoms with Crippen LogP contribution in [0.3, 0.4) is 0 Å². The fourth-order valence-electron chi connectivity index (χ4n) is 2.99. The quantitative estimate of drug-likeness (QED) is 0.284. The van der Waals surface area contributed by atoms with Gasteiger partial charge in [-0.2, -0.15) is 0 Å². The molecule has 0 aliphatic heterocycles. The van der Waals surface area contributed by atoms with Crippen molar-refractivity contribution in [3.05, 3.63) is 65.2 Å². The van der Waals surface area contributed by atoms with Crippen LogP contribution in [0.25, 0.3) is 11.1 Å². The third-order valence-electron chi connectivity index (χ3n) is 4.55. The lowest BCUT2D eigenvalue weighted by Gasteiger charge is -2.15. The van der Waals surface area contributed by atoms with Crippen LogP contribution in [0.5, 0.6) is 5.75 Å². The molecular weight excluding hydrogens is 376 g/mol. The first-order valence-corrected chi connectivity index (χ1v) is 10.6. The Balaban J connectivity index is 0.000000804. The number of hydrogen-bond donors (Lipinski definition) is 1. The van der Waals surface area contributed by atoms with Crippen molar-refractivity contribution in [2.24, 2.45) is 0 Å². The minimum absolute atomic E-state index is 0.0327. The van der Waals surface area contributed by atoms with Gasteiger partial charge >= 0.3 is 0 Å². The zero-order valence-electron chi connectivity index (χ0n) is 18.9. The molecule has 0 spiro atoms. The Labute approximate surface area is 181 Å². The van der Waals surface area contributed by atoms with Gasteiger partial charge in [-0.1, -0.05) is 51.5 Å². The fraction of sp³-hybridized carbons (Fsp3) is 0.423. The van der Waals surface area contributed by atoms with Crippen LogP contribution in [-0.4, -0.2) is 25.1 Å². The molecule has 0 saturated carbocycles. The first-order valence-electron chi connectivity index (χ1n) is 10.6. The highest BCUT2D eigenvalue weighted by Gasteiger charge is 2.10. The van der Waals surface area contributed by atoms with Crippen LogP contribution in [0.1, 0.15) is 56.7 Å². The van der Waals surface area contributed by atoms with E-state index in [1.54, 1.807) is 14.0 Å². The summed E-state index contributed by atoms with van der Waals surface area (Å²) in [6.07, 6.45) is 5.04. The average Bonchev–Trinajstić information content (AvgIpc) is 2.75. The van der Waals surface area contributed by atoms with Crippen LogP contribution in [-0.2, 0) is 29.2 Å². The molecule has 0 aliphatic carbocycles. The van der Waals surface area contributed by atoms with Crippen molar-refractivity contribution < 1.29 is 19.4 Å². The monoisotopic (exact) mass is 412 g/mol. The molecule has 0 heterocycles. The van der Waals surface area contributed by atoms with E-state index in [9.17, 15) is 9.90 Å². The van der Waals surface area contributed by atoms with Crippen LogP contribution >= 0.6 is 0 Å². The van der Waals surface area contributed by atoms with E-state index in [1.165, 1.54) is 11.1 Å². The minimum Gasteiger partial charge on any atom is -0.494 e. The number of aryl methyl sites for hydroxylation is 1. The zero-order chi connectivity index (χ0) is 22.4. The summed E-state index contributed by atoms with van der Waals surface area (Å²) in [5.41, 5.74) is 6.22. The van der Waals surface area contributed by atoms with Crippen LogP contribution in [0.15, 0.2) is 48.6 Å². The summed E-state index contributed by atoms with van der Waals surface area (Å²) in [7, 11) is 1.68. The second-order valence-electron chi connectivity index (χ2n) is 7.31. The molecule has 1 N–H and O–H groups in total. The van der Waals surface area contributed by atoms with Crippen molar-refractivity contribution in [2.45, 2.75) is 59.7 Å². The van der Waals surface area contributed by atoms with Gasteiger partial charge in [0.2, 0.25) is 0 Å². The predicted molar refractivity (Wildman–Crippen MR) is 124 cm³/mol. The molecular formula is C26H36O4. The molecule has 0 aromatic heterocycles. The third-order valence-corrected chi connectivity index (χ3v) is 4.55. The molecule has 0 unspecified atom stereocenters. The standard InChI is InChI=1S/C22H30O3.C4H6O/c1-4-6-12-25-21-10-11-22(17(14-21)7-5-2)18-8-9-19(15-23)20(13-18)16-24-3;1-4(2)3-5/h8-11,13-14,23H,4-7,12,15-16H2,1-3H3;3H,1H2,2H3. The second kappa shape index (κ2) is 14.5. The first kappa shape index (κ1) is 25.6. The van der Waals surface area contributed by atoms with Crippen LogP contribution in [0.4, 0.5) is 0 Å². The van der Waals surface area contributed by atoms with Crippen molar-refractivity contribution >= 4 is 6.29 Å².